The molecule has 128 valence electrons. The third-order valence-corrected chi connectivity index (χ3v) is 4.94. The van der Waals surface area contributed by atoms with Gasteiger partial charge in [0.05, 0.1) is 22.5 Å². The van der Waals surface area contributed by atoms with Crippen LogP contribution >= 0.6 is 22.9 Å². The molecule has 0 saturated heterocycles. The molecule has 0 aliphatic rings. The predicted octanol–water partition coefficient (Wildman–Crippen LogP) is 3.33. The number of carbonyl (C=O) groups is 1. The van der Waals surface area contributed by atoms with Crippen LogP contribution in [0, 0.1) is 0 Å². The predicted molar refractivity (Wildman–Crippen MR) is 101 cm³/mol. The van der Waals surface area contributed by atoms with Crippen molar-refractivity contribution in [2.24, 2.45) is 0 Å². The molecule has 2 aromatic heterocycles. The van der Waals surface area contributed by atoms with E-state index in [1.165, 1.54) is 16.0 Å². The maximum absolute atomic E-state index is 12.7. The molecule has 0 aliphatic carbocycles. The van der Waals surface area contributed by atoms with E-state index in [4.69, 9.17) is 11.6 Å². The van der Waals surface area contributed by atoms with E-state index in [1.807, 2.05) is 18.2 Å². The van der Waals surface area contributed by atoms with Crippen LogP contribution in [0.3, 0.4) is 0 Å². The Morgan fingerprint density at radius 3 is 2.84 bits per heavy atom. The van der Waals surface area contributed by atoms with Gasteiger partial charge in [-0.15, -0.1) is 17.9 Å². The van der Waals surface area contributed by atoms with E-state index in [2.05, 4.69) is 11.7 Å². The van der Waals surface area contributed by atoms with Crippen LogP contribution in [0.5, 0.6) is 0 Å². The van der Waals surface area contributed by atoms with Gasteiger partial charge in [0, 0.05) is 16.8 Å². The van der Waals surface area contributed by atoms with Gasteiger partial charge in [0.2, 0.25) is 5.91 Å². The fraction of sp³-hybridized carbons (Fsp3) is 0.167. The number of thiophene rings is 1. The van der Waals surface area contributed by atoms with E-state index in [-0.39, 0.29) is 18.0 Å². The van der Waals surface area contributed by atoms with E-state index < -0.39 is 0 Å². The molecule has 0 atom stereocenters. The third kappa shape index (κ3) is 3.97. The Labute approximate surface area is 153 Å². The lowest BCUT2D eigenvalue weighted by Gasteiger charge is -2.20. The van der Waals surface area contributed by atoms with Crippen molar-refractivity contribution in [1.82, 2.24) is 14.7 Å². The van der Waals surface area contributed by atoms with Crippen LogP contribution in [0.15, 0.2) is 60.0 Å². The summed E-state index contributed by atoms with van der Waals surface area (Å²) in [7, 11) is 0. The van der Waals surface area contributed by atoms with Crippen molar-refractivity contribution in [3.63, 3.8) is 0 Å². The van der Waals surface area contributed by atoms with Crippen molar-refractivity contribution < 1.29 is 4.79 Å². The first-order valence-corrected chi connectivity index (χ1v) is 8.85. The second-order valence-corrected chi connectivity index (χ2v) is 7.26. The monoisotopic (exact) mass is 373 g/mol. The first-order valence-electron chi connectivity index (χ1n) is 7.66. The number of amides is 1. The van der Waals surface area contributed by atoms with E-state index in [0.29, 0.717) is 22.8 Å². The number of benzene rings is 1. The number of halogens is 1. The molecule has 3 aromatic rings. The van der Waals surface area contributed by atoms with Crippen LogP contribution in [-0.2, 0) is 17.9 Å². The van der Waals surface area contributed by atoms with E-state index in [9.17, 15) is 9.59 Å². The number of rotatable bonds is 6. The molecule has 7 heteroatoms. The van der Waals surface area contributed by atoms with E-state index in [1.54, 1.807) is 35.4 Å². The summed E-state index contributed by atoms with van der Waals surface area (Å²) in [4.78, 5) is 27.7. The van der Waals surface area contributed by atoms with Crippen molar-refractivity contribution in [1.29, 1.82) is 0 Å². The molecule has 0 N–H and O–H groups in total. The van der Waals surface area contributed by atoms with Crippen LogP contribution in [-0.4, -0.2) is 27.1 Å². The standard InChI is InChI=1S/C18H16ClN3O2S/c1-2-9-21(11-14-7-8-16(19)25-14)17(23)12-22-18(24)15-6-4-3-5-13(15)10-20-22/h2-8,10H,1,9,11-12H2. The minimum Gasteiger partial charge on any atom is -0.332 e. The summed E-state index contributed by atoms with van der Waals surface area (Å²) in [5.74, 6) is -0.200. The number of hydrogen-bond acceptors (Lipinski definition) is 4. The average Bonchev–Trinajstić information content (AvgIpc) is 3.02. The number of hydrogen-bond donors (Lipinski definition) is 0. The fourth-order valence-corrected chi connectivity index (χ4v) is 3.61. The van der Waals surface area contributed by atoms with Crippen molar-refractivity contribution in [2.45, 2.75) is 13.1 Å². The molecule has 0 unspecified atom stereocenters. The molecule has 25 heavy (non-hydrogen) atoms. The second-order valence-electron chi connectivity index (χ2n) is 5.46. The number of fused-ring (bicyclic) bond motifs is 1. The number of carbonyl (C=O) groups excluding carboxylic acids is 1. The summed E-state index contributed by atoms with van der Waals surface area (Å²) in [6.45, 7) is 4.39. The summed E-state index contributed by atoms with van der Waals surface area (Å²) in [6.07, 6.45) is 3.25. The Bertz CT molecular complexity index is 980. The van der Waals surface area contributed by atoms with Crippen LogP contribution in [0.25, 0.3) is 10.8 Å². The maximum Gasteiger partial charge on any atom is 0.275 e. The van der Waals surface area contributed by atoms with Crippen LogP contribution < -0.4 is 5.56 Å². The van der Waals surface area contributed by atoms with Crippen molar-refractivity contribution in [2.75, 3.05) is 6.54 Å². The summed E-state index contributed by atoms with van der Waals surface area (Å²) in [5.41, 5.74) is -0.274. The molecule has 0 aliphatic heterocycles. The fourth-order valence-electron chi connectivity index (χ4n) is 2.50. The third-order valence-electron chi connectivity index (χ3n) is 3.72. The van der Waals surface area contributed by atoms with Gasteiger partial charge in [-0.05, 0) is 18.2 Å². The highest BCUT2D eigenvalue weighted by Crippen LogP contribution is 2.22. The molecule has 0 radical (unpaired) electrons. The lowest BCUT2D eigenvalue weighted by atomic mass is 10.2. The topological polar surface area (TPSA) is 55.2 Å². The molecule has 1 amide bonds. The SMILES string of the molecule is C=CCN(Cc1ccc(Cl)s1)C(=O)Cn1ncc2ccccc2c1=O. The zero-order valence-corrected chi connectivity index (χ0v) is 15.0. The number of nitrogens with zero attached hydrogens (tertiary/aromatic N) is 3. The summed E-state index contributed by atoms with van der Waals surface area (Å²) >= 11 is 7.37. The Balaban J connectivity index is 1.82. The van der Waals surface area contributed by atoms with Gasteiger partial charge in [-0.1, -0.05) is 35.9 Å². The Morgan fingerprint density at radius 1 is 1.32 bits per heavy atom. The zero-order chi connectivity index (χ0) is 17.8. The maximum atomic E-state index is 12.7. The van der Waals surface area contributed by atoms with Gasteiger partial charge in [-0.3, -0.25) is 9.59 Å². The van der Waals surface area contributed by atoms with Gasteiger partial charge in [-0.2, -0.15) is 5.10 Å². The Morgan fingerprint density at radius 2 is 2.12 bits per heavy atom. The van der Waals surface area contributed by atoms with Gasteiger partial charge in [0.1, 0.15) is 6.54 Å². The quantitative estimate of drug-likeness (QED) is 0.623. The van der Waals surface area contributed by atoms with Crippen molar-refractivity contribution in [3.05, 3.63) is 74.8 Å². The van der Waals surface area contributed by atoms with Gasteiger partial charge >= 0.3 is 0 Å². The average molecular weight is 374 g/mol. The first-order chi connectivity index (χ1) is 12.1. The molecule has 0 saturated carbocycles. The molecule has 1 aromatic carbocycles. The Hall–Kier alpha value is -2.44. The summed E-state index contributed by atoms with van der Waals surface area (Å²) in [5, 5.41) is 5.42. The van der Waals surface area contributed by atoms with Crippen LogP contribution in [0.2, 0.25) is 4.34 Å². The lowest BCUT2D eigenvalue weighted by Crippen LogP contribution is -2.37. The van der Waals surface area contributed by atoms with Crippen molar-refractivity contribution in [3.8, 4) is 0 Å². The molecule has 0 fully saturated rings. The largest absolute Gasteiger partial charge is 0.332 e. The molecular formula is C18H16ClN3O2S. The van der Waals surface area contributed by atoms with E-state index in [0.717, 1.165) is 10.3 Å². The molecule has 0 spiro atoms. The van der Waals surface area contributed by atoms with Gasteiger partial charge in [-0.25, -0.2) is 4.68 Å². The lowest BCUT2D eigenvalue weighted by molar-refractivity contribution is -0.132. The smallest absolute Gasteiger partial charge is 0.275 e. The summed E-state index contributed by atoms with van der Waals surface area (Å²) < 4.78 is 1.87. The highest BCUT2D eigenvalue weighted by atomic mass is 35.5. The van der Waals surface area contributed by atoms with Crippen molar-refractivity contribution >= 4 is 39.6 Å². The second kappa shape index (κ2) is 7.63. The Kier molecular flexibility index (Phi) is 5.31. The molecular weight excluding hydrogens is 358 g/mol. The minimum atomic E-state index is -0.274. The zero-order valence-electron chi connectivity index (χ0n) is 13.4. The molecule has 3 rings (SSSR count). The molecule has 5 nitrogen and oxygen atoms in total. The number of aromatic nitrogens is 2. The first kappa shape index (κ1) is 17.4. The summed E-state index contributed by atoms with van der Waals surface area (Å²) in [6, 6.07) is 10.9. The normalized spacial score (nSPS) is 10.8. The molecule has 2 heterocycles. The highest BCUT2D eigenvalue weighted by molar-refractivity contribution is 7.16. The minimum absolute atomic E-state index is 0.114. The highest BCUT2D eigenvalue weighted by Gasteiger charge is 2.16. The van der Waals surface area contributed by atoms with Crippen LogP contribution in [0.1, 0.15) is 4.88 Å². The van der Waals surface area contributed by atoms with E-state index >= 15 is 0 Å². The van der Waals surface area contributed by atoms with Gasteiger partial charge < -0.3 is 4.90 Å². The van der Waals surface area contributed by atoms with Crippen LogP contribution in [0.4, 0.5) is 0 Å². The molecule has 0 bridgehead atoms. The van der Waals surface area contributed by atoms with Gasteiger partial charge in [0.15, 0.2) is 0 Å². The van der Waals surface area contributed by atoms with Gasteiger partial charge in [0.25, 0.3) is 5.56 Å².